The number of thiophene rings is 1. The van der Waals surface area contributed by atoms with E-state index in [9.17, 15) is 23.1 Å². The third-order valence-electron chi connectivity index (χ3n) is 5.34. The molecule has 4 aromatic rings. The minimum Gasteiger partial charge on any atom is -0.369 e. The van der Waals surface area contributed by atoms with E-state index in [4.69, 9.17) is 0 Å². The first-order chi connectivity index (χ1) is 17.0. The number of nitrogens with zero attached hydrogens (tertiary/aromatic N) is 2. The van der Waals surface area contributed by atoms with Crippen molar-refractivity contribution in [2.45, 2.75) is 39.2 Å². The molecule has 0 aliphatic rings. The van der Waals surface area contributed by atoms with Crippen molar-refractivity contribution in [2.75, 3.05) is 16.0 Å². The first-order valence-electron chi connectivity index (χ1n) is 11.1. The molecule has 4 N–H and O–H groups in total. The van der Waals surface area contributed by atoms with E-state index in [1.54, 1.807) is 30.5 Å². The molecule has 0 bridgehead atoms. The summed E-state index contributed by atoms with van der Waals surface area (Å²) >= 11 is 1.36. The van der Waals surface area contributed by atoms with Gasteiger partial charge in [-0.05, 0) is 50.6 Å². The van der Waals surface area contributed by atoms with Gasteiger partial charge in [-0.3, -0.25) is 4.79 Å². The fraction of sp³-hybridized carbons (Fsp3) is 0.240. The number of aryl methyl sites for hydroxylation is 1. The summed E-state index contributed by atoms with van der Waals surface area (Å²) < 4.78 is 39.8. The highest BCUT2D eigenvalue weighted by Gasteiger charge is 2.30. The van der Waals surface area contributed by atoms with Crippen LogP contribution in [0.4, 0.5) is 30.4 Å². The molecule has 0 radical (unpaired) electrons. The standard InChI is InChI=1S/C25H24F3N5O2S/c1-13(2)31-22-21-20(29-12-30-22)18(11-36-21)24(35)33-19-9-15(8-7-14(19)3)23(34)32-17-6-4-5-16(10-17)25(26,27)28/h4-13,23,32,34H,1-3H3,(H,33,35)(H,29,30,31). The number of hydrogen-bond donors (Lipinski definition) is 4. The minimum atomic E-state index is -4.49. The molecule has 36 heavy (non-hydrogen) atoms. The topological polar surface area (TPSA) is 99.2 Å². The van der Waals surface area contributed by atoms with E-state index in [0.29, 0.717) is 28.1 Å². The highest BCUT2D eigenvalue weighted by atomic mass is 32.1. The lowest BCUT2D eigenvalue weighted by Crippen LogP contribution is -2.15. The van der Waals surface area contributed by atoms with E-state index in [1.165, 1.54) is 29.8 Å². The summed E-state index contributed by atoms with van der Waals surface area (Å²) in [4.78, 5) is 21.6. The van der Waals surface area contributed by atoms with Gasteiger partial charge in [0.15, 0.2) is 6.23 Å². The first kappa shape index (κ1) is 25.4. The van der Waals surface area contributed by atoms with E-state index >= 15 is 0 Å². The molecule has 0 aliphatic heterocycles. The maximum atomic E-state index is 13.1. The molecule has 2 aromatic heterocycles. The van der Waals surface area contributed by atoms with E-state index in [1.807, 2.05) is 13.8 Å². The van der Waals surface area contributed by atoms with Crippen LogP contribution in [0.15, 0.2) is 54.2 Å². The number of carbonyl (C=O) groups excluding carboxylic acids is 1. The maximum absolute atomic E-state index is 13.1. The van der Waals surface area contributed by atoms with Crippen LogP contribution in [0.1, 0.15) is 47.1 Å². The fourth-order valence-electron chi connectivity index (χ4n) is 3.55. The number of hydrogen-bond acceptors (Lipinski definition) is 7. The predicted molar refractivity (Wildman–Crippen MR) is 135 cm³/mol. The average molecular weight is 516 g/mol. The van der Waals surface area contributed by atoms with Gasteiger partial charge < -0.3 is 21.1 Å². The SMILES string of the molecule is Cc1ccc(C(O)Nc2cccc(C(F)(F)F)c2)cc1NC(=O)c1csc2c(NC(C)C)ncnc12. The van der Waals surface area contributed by atoms with Crippen LogP contribution in [-0.2, 0) is 6.18 Å². The van der Waals surface area contributed by atoms with Crippen LogP contribution in [0, 0.1) is 6.92 Å². The molecule has 1 amide bonds. The van der Waals surface area contributed by atoms with Crippen LogP contribution >= 0.6 is 11.3 Å². The fourth-order valence-corrected chi connectivity index (χ4v) is 4.50. The molecule has 0 spiro atoms. The molecular formula is C25H24F3N5O2S. The van der Waals surface area contributed by atoms with Gasteiger partial charge in [0.2, 0.25) is 0 Å². The van der Waals surface area contributed by atoms with Gasteiger partial charge in [-0.15, -0.1) is 11.3 Å². The monoisotopic (exact) mass is 515 g/mol. The minimum absolute atomic E-state index is 0.110. The van der Waals surface area contributed by atoms with Crippen LogP contribution in [0.2, 0.25) is 0 Å². The number of benzene rings is 2. The van der Waals surface area contributed by atoms with Crippen LogP contribution in [0.5, 0.6) is 0 Å². The number of rotatable bonds is 7. The summed E-state index contributed by atoms with van der Waals surface area (Å²) in [5, 5.41) is 21.1. The van der Waals surface area contributed by atoms with E-state index < -0.39 is 18.0 Å². The number of aliphatic hydroxyl groups is 1. The zero-order valence-electron chi connectivity index (χ0n) is 19.6. The smallest absolute Gasteiger partial charge is 0.369 e. The van der Waals surface area contributed by atoms with Crippen molar-refractivity contribution in [2.24, 2.45) is 0 Å². The second-order valence-electron chi connectivity index (χ2n) is 8.50. The Kier molecular flexibility index (Phi) is 7.14. The maximum Gasteiger partial charge on any atom is 0.416 e. The number of anilines is 3. The number of amides is 1. The van der Waals surface area contributed by atoms with Crippen LogP contribution < -0.4 is 16.0 Å². The molecule has 0 saturated carbocycles. The third kappa shape index (κ3) is 5.58. The molecule has 11 heteroatoms. The second kappa shape index (κ2) is 10.1. The van der Waals surface area contributed by atoms with E-state index in [0.717, 1.165) is 22.4 Å². The molecular weight excluding hydrogens is 491 g/mol. The molecule has 1 unspecified atom stereocenters. The Bertz CT molecular complexity index is 1400. The quantitative estimate of drug-likeness (QED) is 0.219. The van der Waals surface area contributed by atoms with E-state index in [2.05, 4.69) is 25.9 Å². The van der Waals surface area contributed by atoms with Gasteiger partial charge >= 0.3 is 6.18 Å². The number of aromatic nitrogens is 2. The van der Waals surface area contributed by atoms with Crippen molar-refractivity contribution < 1.29 is 23.1 Å². The lowest BCUT2D eigenvalue weighted by atomic mass is 10.1. The molecule has 0 saturated heterocycles. The Morgan fingerprint density at radius 2 is 1.86 bits per heavy atom. The summed E-state index contributed by atoms with van der Waals surface area (Å²) in [5.41, 5.74) is 1.77. The Labute approximate surface area is 209 Å². The number of aliphatic hydroxyl groups excluding tert-OH is 1. The summed E-state index contributed by atoms with van der Waals surface area (Å²) in [5.74, 6) is 0.275. The number of carbonyl (C=O) groups is 1. The number of nitrogens with one attached hydrogen (secondary N) is 3. The number of alkyl halides is 3. The number of fused-ring (bicyclic) bond motifs is 1. The third-order valence-corrected chi connectivity index (χ3v) is 6.32. The summed E-state index contributed by atoms with van der Waals surface area (Å²) in [6, 6.07) is 9.64. The Hall–Kier alpha value is -3.70. The van der Waals surface area contributed by atoms with E-state index in [-0.39, 0.29) is 17.6 Å². The van der Waals surface area contributed by atoms with Gasteiger partial charge in [-0.25, -0.2) is 9.97 Å². The van der Waals surface area contributed by atoms with Crippen molar-refractivity contribution in [3.63, 3.8) is 0 Å². The van der Waals surface area contributed by atoms with Crippen molar-refractivity contribution in [3.8, 4) is 0 Å². The average Bonchev–Trinajstić information content (AvgIpc) is 3.25. The molecule has 0 fully saturated rings. The molecule has 188 valence electrons. The zero-order chi connectivity index (χ0) is 26.0. The normalized spacial score (nSPS) is 12.6. The molecule has 1 atom stereocenters. The predicted octanol–water partition coefficient (Wildman–Crippen LogP) is 6.19. The molecule has 7 nitrogen and oxygen atoms in total. The summed E-state index contributed by atoms with van der Waals surface area (Å²) in [7, 11) is 0. The van der Waals surface area contributed by atoms with Gasteiger partial charge in [0.05, 0.1) is 21.3 Å². The first-order valence-corrected chi connectivity index (χ1v) is 11.9. The number of halogens is 3. The largest absolute Gasteiger partial charge is 0.416 e. The second-order valence-corrected chi connectivity index (χ2v) is 9.38. The van der Waals surface area contributed by atoms with Gasteiger partial charge in [-0.2, -0.15) is 13.2 Å². The van der Waals surface area contributed by atoms with Crippen LogP contribution in [-0.4, -0.2) is 27.0 Å². The van der Waals surface area contributed by atoms with Crippen molar-refractivity contribution in [1.29, 1.82) is 0 Å². The van der Waals surface area contributed by atoms with Gasteiger partial charge in [0, 0.05) is 28.4 Å². The Morgan fingerprint density at radius 3 is 2.58 bits per heavy atom. The molecule has 2 heterocycles. The molecule has 0 aliphatic carbocycles. The highest BCUT2D eigenvalue weighted by Crippen LogP contribution is 2.33. The van der Waals surface area contributed by atoms with Crippen molar-refractivity contribution in [3.05, 3.63) is 76.4 Å². The van der Waals surface area contributed by atoms with Crippen molar-refractivity contribution >= 4 is 44.7 Å². The zero-order valence-corrected chi connectivity index (χ0v) is 20.5. The van der Waals surface area contributed by atoms with Gasteiger partial charge in [0.1, 0.15) is 12.1 Å². The van der Waals surface area contributed by atoms with Crippen LogP contribution in [0.3, 0.4) is 0 Å². The summed E-state index contributed by atoms with van der Waals surface area (Å²) in [6.45, 7) is 5.77. The Morgan fingerprint density at radius 1 is 1.08 bits per heavy atom. The molecule has 2 aromatic carbocycles. The molecule has 4 rings (SSSR count). The highest BCUT2D eigenvalue weighted by molar-refractivity contribution is 7.18. The lowest BCUT2D eigenvalue weighted by molar-refractivity contribution is -0.137. The van der Waals surface area contributed by atoms with Crippen LogP contribution in [0.25, 0.3) is 10.2 Å². The summed E-state index contributed by atoms with van der Waals surface area (Å²) in [6.07, 6.45) is -4.39. The van der Waals surface area contributed by atoms with Crippen molar-refractivity contribution in [1.82, 2.24) is 9.97 Å². The lowest BCUT2D eigenvalue weighted by Gasteiger charge is -2.18. The van der Waals surface area contributed by atoms with Gasteiger partial charge in [-0.1, -0.05) is 18.2 Å². The Balaban J connectivity index is 1.55. The van der Waals surface area contributed by atoms with Gasteiger partial charge in [0.25, 0.3) is 5.91 Å².